The van der Waals surface area contributed by atoms with E-state index in [1.165, 1.54) is 0 Å². The summed E-state index contributed by atoms with van der Waals surface area (Å²) in [4.78, 5) is 8.21. The van der Waals surface area contributed by atoms with Crippen LogP contribution >= 0.6 is 11.6 Å². The highest BCUT2D eigenvalue weighted by Crippen LogP contribution is 2.27. The van der Waals surface area contributed by atoms with Gasteiger partial charge in [-0.15, -0.1) is 0 Å². The van der Waals surface area contributed by atoms with Gasteiger partial charge in [0.1, 0.15) is 12.1 Å². The summed E-state index contributed by atoms with van der Waals surface area (Å²) in [7, 11) is 3.57. The van der Waals surface area contributed by atoms with Gasteiger partial charge in [0, 0.05) is 11.2 Å². The summed E-state index contributed by atoms with van der Waals surface area (Å²) in [5.74, 6) is 0.832. The third-order valence-corrected chi connectivity index (χ3v) is 3.21. The Balaban J connectivity index is 2.26. The van der Waals surface area contributed by atoms with E-state index in [0.29, 0.717) is 5.02 Å². The molecule has 0 saturated carbocycles. The zero-order chi connectivity index (χ0) is 13.7. The predicted molar refractivity (Wildman–Crippen MR) is 75.5 cm³/mol. The van der Waals surface area contributed by atoms with Crippen molar-refractivity contribution >= 4 is 11.6 Å². The standard InChI is InChI=1S/C14H16ClN3O/c1-16-13(12-5-6-17-9-18-12)8-10-7-11(15)3-4-14(10)19-2/h3-7,9,13,16H,8H2,1-2H3. The number of rotatable bonds is 5. The maximum absolute atomic E-state index is 6.04. The van der Waals surface area contributed by atoms with Crippen LogP contribution in [0, 0.1) is 0 Å². The lowest BCUT2D eigenvalue weighted by atomic mass is 10.0. The number of hydrogen-bond acceptors (Lipinski definition) is 4. The molecular weight excluding hydrogens is 262 g/mol. The van der Waals surface area contributed by atoms with Gasteiger partial charge < -0.3 is 10.1 Å². The number of hydrogen-bond donors (Lipinski definition) is 1. The summed E-state index contributed by atoms with van der Waals surface area (Å²) < 4.78 is 5.36. The van der Waals surface area contributed by atoms with Crippen molar-refractivity contribution in [2.75, 3.05) is 14.2 Å². The highest BCUT2D eigenvalue weighted by atomic mass is 35.5. The molecule has 2 rings (SSSR count). The molecule has 0 spiro atoms. The number of ether oxygens (including phenoxy) is 1. The summed E-state index contributed by atoms with van der Waals surface area (Å²) in [5.41, 5.74) is 1.99. The average Bonchev–Trinajstić information content (AvgIpc) is 2.46. The van der Waals surface area contributed by atoms with E-state index < -0.39 is 0 Å². The molecule has 1 heterocycles. The fraction of sp³-hybridized carbons (Fsp3) is 0.286. The van der Waals surface area contributed by atoms with E-state index in [1.54, 1.807) is 19.6 Å². The van der Waals surface area contributed by atoms with Crippen LogP contribution in [-0.4, -0.2) is 24.1 Å². The van der Waals surface area contributed by atoms with Crippen molar-refractivity contribution in [2.24, 2.45) is 0 Å². The Labute approximate surface area is 117 Å². The molecule has 2 aromatic rings. The first-order valence-electron chi connectivity index (χ1n) is 6.00. The number of aromatic nitrogens is 2. The Morgan fingerprint density at radius 2 is 2.21 bits per heavy atom. The van der Waals surface area contributed by atoms with Crippen LogP contribution in [0.5, 0.6) is 5.75 Å². The van der Waals surface area contributed by atoms with Crippen molar-refractivity contribution in [3.63, 3.8) is 0 Å². The Kier molecular flexibility index (Phi) is 4.71. The zero-order valence-corrected chi connectivity index (χ0v) is 11.7. The summed E-state index contributed by atoms with van der Waals surface area (Å²) in [5, 5.41) is 3.95. The second-order valence-electron chi connectivity index (χ2n) is 4.14. The lowest BCUT2D eigenvalue weighted by Gasteiger charge is -2.17. The first kappa shape index (κ1) is 13.8. The molecule has 1 aromatic heterocycles. The molecule has 0 bridgehead atoms. The highest BCUT2D eigenvalue weighted by molar-refractivity contribution is 6.30. The molecule has 100 valence electrons. The molecule has 5 heteroatoms. The number of nitrogens with one attached hydrogen (secondary N) is 1. The average molecular weight is 278 g/mol. The number of nitrogens with zero attached hydrogens (tertiary/aromatic N) is 2. The molecule has 1 N–H and O–H groups in total. The molecule has 0 radical (unpaired) electrons. The smallest absolute Gasteiger partial charge is 0.122 e. The van der Waals surface area contributed by atoms with Gasteiger partial charge in [0.15, 0.2) is 0 Å². The lowest BCUT2D eigenvalue weighted by Crippen LogP contribution is -2.20. The monoisotopic (exact) mass is 277 g/mol. The molecule has 0 aliphatic rings. The van der Waals surface area contributed by atoms with Crippen molar-refractivity contribution in [2.45, 2.75) is 12.5 Å². The fourth-order valence-corrected chi connectivity index (χ4v) is 2.18. The summed E-state index contributed by atoms with van der Waals surface area (Å²) in [6, 6.07) is 7.62. The number of halogens is 1. The quantitative estimate of drug-likeness (QED) is 0.913. The van der Waals surface area contributed by atoms with Crippen molar-refractivity contribution in [3.05, 3.63) is 53.1 Å². The third-order valence-electron chi connectivity index (χ3n) is 2.98. The SMILES string of the molecule is CNC(Cc1cc(Cl)ccc1OC)c1ccncn1. The van der Waals surface area contributed by atoms with Crippen LogP contribution in [-0.2, 0) is 6.42 Å². The molecule has 0 saturated heterocycles. The molecule has 1 aromatic carbocycles. The summed E-state index contributed by atoms with van der Waals surface area (Å²) in [6.45, 7) is 0. The predicted octanol–water partition coefficient (Wildman–Crippen LogP) is 2.64. The Hall–Kier alpha value is -1.65. The topological polar surface area (TPSA) is 47.0 Å². The third kappa shape index (κ3) is 3.43. The molecule has 1 atom stereocenters. The van der Waals surface area contributed by atoms with Crippen LogP contribution in [0.1, 0.15) is 17.3 Å². The van der Waals surface area contributed by atoms with Crippen molar-refractivity contribution in [1.29, 1.82) is 0 Å². The Morgan fingerprint density at radius 3 is 2.84 bits per heavy atom. The van der Waals surface area contributed by atoms with Gasteiger partial charge in [-0.25, -0.2) is 9.97 Å². The van der Waals surface area contributed by atoms with E-state index in [1.807, 2.05) is 31.3 Å². The Bertz CT molecular complexity index is 533. The van der Waals surface area contributed by atoms with Crippen LogP contribution < -0.4 is 10.1 Å². The van der Waals surface area contributed by atoms with Gasteiger partial charge in [0.05, 0.1) is 18.8 Å². The molecule has 19 heavy (non-hydrogen) atoms. The minimum Gasteiger partial charge on any atom is -0.496 e. The maximum Gasteiger partial charge on any atom is 0.122 e. The van der Waals surface area contributed by atoms with Gasteiger partial charge >= 0.3 is 0 Å². The second-order valence-corrected chi connectivity index (χ2v) is 4.57. The van der Waals surface area contributed by atoms with Crippen LogP contribution in [0.3, 0.4) is 0 Å². The largest absolute Gasteiger partial charge is 0.496 e. The van der Waals surface area contributed by atoms with Gasteiger partial charge in [-0.3, -0.25) is 0 Å². The van der Waals surface area contributed by atoms with E-state index in [4.69, 9.17) is 16.3 Å². The minimum absolute atomic E-state index is 0.0929. The van der Waals surface area contributed by atoms with Gasteiger partial charge in [-0.05, 0) is 43.3 Å². The molecule has 1 unspecified atom stereocenters. The van der Waals surface area contributed by atoms with E-state index in [9.17, 15) is 0 Å². The van der Waals surface area contributed by atoms with Gasteiger partial charge in [0.25, 0.3) is 0 Å². The zero-order valence-electron chi connectivity index (χ0n) is 10.9. The van der Waals surface area contributed by atoms with Crippen LogP contribution in [0.25, 0.3) is 0 Å². The van der Waals surface area contributed by atoms with Crippen LogP contribution in [0.15, 0.2) is 36.8 Å². The van der Waals surface area contributed by atoms with Crippen molar-refractivity contribution in [1.82, 2.24) is 15.3 Å². The first-order chi connectivity index (χ1) is 9.24. The van der Waals surface area contributed by atoms with Crippen molar-refractivity contribution in [3.8, 4) is 5.75 Å². The maximum atomic E-state index is 6.04. The molecule has 0 amide bonds. The van der Waals surface area contributed by atoms with E-state index >= 15 is 0 Å². The van der Waals surface area contributed by atoms with Gasteiger partial charge in [-0.2, -0.15) is 0 Å². The minimum atomic E-state index is 0.0929. The van der Waals surface area contributed by atoms with Gasteiger partial charge in [0.2, 0.25) is 0 Å². The van der Waals surface area contributed by atoms with Gasteiger partial charge in [-0.1, -0.05) is 11.6 Å². The molecule has 0 aliphatic heterocycles. The van der Waals surface area contributed by atoms with E-state index in [-0.39, 0.29) is 6.04 Å². The fourth-order valence-electron chi connectivity index (χ4n) is 1.99. The lowest BCUT2D eigenvalue weighted by molar-refractivity contribution is 0.406. The van der Waals surface area contributed by atoms with E-state index in [0.717, 1.165) is 23.4 Å². The number of methoxy groups -OCH3 is 1. The molecule has 4 nitrogen and oxygen atoms in total. The summed E-state index contributed by atoms with van der Waals surface area (Å²) in [6.07, 6.45) is 4.04. The Morgan fingerprint density at radius 1 is 1.37 bits per heavy atom. The molecule has 0 fully saturated rings. The molecular formula is C14H16ClN3O. The number of benzene rings is 1. The second kappa shape index (κ2) is 6.50. The first-order valence-corrected chi connectivity index (χ1v) is 6.38. The normalized spacial score (nSPS) is 12.2. The van der Waals surface area contributed by atoms with Crippen molar-refractivity contribution < 1.29 is 4.74 Å². The van der Waals surface area contributed by atoms with E-state index in [2.05, 4.69) is 15.3 Å². The van der Waals surface area contributed by atoms with Crippen LogP contribution in [0.4, 0.5) is 0 Å². The highest BCUT2D eigenvalue weighted by Gasteiger charge is 2.14. The van der Waals surface area contributed by atoms with Crippen LogP contribution in [0.2, 0.25) is 5.02 Å². The number of likely N-dealkylation sites (N-methyl/N-ethyl adjacent to an activating group) is 1. The molecule has 0 aliphatic carbocycles. The summed E-state index contributed by atoms with van der Waals surface area (Å²) >= 11 is 6.04.